The van der Waals surface area contributed by atoms with E-state index in [4.69, 9.17) is 4.42 Å². The number of carboxylic acids is 1. The van der Waals surface area contributed by atoms with Crippen LogP contribution in [-0.4, -0.2) is 50.6 Å². The number of piperidine rings is 1. The Hall–Kier alpha value is -1.38. The number of furan rings is 1. The lowest BCUT2D eigenvalue weighted by Crippen LogP contribution is -2.35. The van der Waals surface area contributed by atoms with Gasteiger partial charge in [0.25, 0.3) is 0 Å². The second-order valence-electron chi connectivity index (χ2n) is 6.50. The molecule has 0 bridgehead atoms. The number of nitrogens with zero attached hydrogens (tertiary/aromatic N) is 1. The van der Waals surface area contributed by atoms with Crippen molar-refractivity contribution in [2.24, 2.45) is 5.92 Å². The Bertz CT molecular complexity index is 688. The van der Waals surface area contributed by atoms with E-state index in [0.29, 0.717) is 6.42 Å². The van der Waals surface area contributed by atoms with E-state index in [0.717, 1.165) is 25.6 Å². The van der Waals surface area contributed by atoms with Gasteiger partial charge in [-0.05, 0) is 58.7 Å². The number of hydrogen-bond donors (Lipinski definition) is 2. The average Bonchev–Trinajstić information content (AvgIpc) is 2.81. The maximum absolute atomic E-state index is 12.4. The molecule has 0 aliphatic carbocycles. The number of nitrogens with one attached hydrogen (secondary N) is 1. The molecular formula is C16H26N2O5S. The fourth-order valence-corrected chi connectivity index (χ4v) is 4.58. The molecule has 0 aromatic carbocycles. The standard InChI is InChI=1S/C16H26N2O5S/c1-11-5-9-18(10-6-11)8-4-7-17-24(21,22)15-13(3)23-12(2)14(15)16(19)20/h11,17H,4-10H2,1-3H3,(H,19,20). The molecule has 0 unspecified atom stereocenters. The summed E-state index contributed by atoms with van der Waals surface area (Å²) in [7, 11) is -3.90. The monoisotopic (exact) mass is 358 g/mol. The first-order valence-corrected chi connectivity index (χ1v) is 9.76. The van der Waals surface area contributed by atoms with E-state index in [1.165, 1.54) is 26.7 Å². The second kappa shape index (κ2) is 7.67. The third-order valence-electron chi connectivity index (χ3n) is 4.51. The van der Waals surface area contributed by atoms with Crippen molar-refractivity contribution in [3.63, 3.8) is 0 Å². The summed E-state index contributed by atoms with van der Waals surface area (Å²) in [5, 5.41) is 9.23. The molecule has 1 aromatic rings. The molecule has 1 aromatic heterocycles. The molecule has 136 valence electrons. The highest BCUT2D eigenvalue weighted by Crippen LogP contribution is 2.26. The van der Waals surface area contributed by atoms with Crippen LogP contribution in [0.15, 0.2) is 9.31 Å². The fraction of sp³-hybridized carbons (Fsp3) is 0.688. The summed E-state index contributed by atoms with van der Waals surface area (Å²) in [6.07, 6.45) is 3.05. The van der Waals surface area contributed by atoms with E-state index in [1.54, 1.807) is 0 Å². The number of aryl methyl sites for hydroxylation is 2. The number of aromatic carboxylic acids is 1. The van der Waals surface area contributed by atoms with Crippen LogP contribution in [0.25, 0.3) is 0 Å². The van der Waals surface area contributed by atoms with Gasteiger partial charge < -0.3 is 14.4 Å². The summed E-state index contributed by atoms with van der Waals surface area (Å²) in [6.45, 7) is 8.38. The highest BCUT2D eigenvalue weighted by molar-refractivity contribution is 7.89. The van der Waals surface area contributed by atoms with Gasteiger partial charge in [0.05, 0.1) is 0 Å². The van der Waals surface area contributed by atoms with Crippen LogP contribution >= 0.6 is 0 Å². The van der Waals surface area contributed by atoms with Crippen LogP contribution in [-0.2, 0) is 10.0 Å². The van der Waals surface area contributed by atoms with Crippen molar-refractivity contribution in [1.29, 1.82) is 0 Å². The number of rotatable bonds is 7. The second-order valence-corrected chi connectivity index (χ2v) is 8.20. The molecule has 0 atom stereocenters. The molecule has 8 heteroatoms. The predicted octanol–water partition coefficient (Wildman–Crippen LogP) is 1.99. The summed E-state index contributed by atoms with van der Waals surface area (Å²) in [6, 6.07) is 0. The van der Waals surface area contributed by atoms with E-state index >= 15 is 0 Å². The topological polar surface area (TPSA) is 99.9 Å². The smallest absolute Gasteiger partial charge is 0.340 e. The van der Waals surface area contributed by atoms with Gasteiger partial charge in [0.15, 0.2) is 0 Å². The third kappa shape index (κ3) is 4.37. The molecule has 0 saturated carbocycles. The van der Waals surface area contributed by atoms with Crippen LogP contribution < -0.4 is 4.72 Å². The van der Waals surface area contributed by atoms with Crippen molar-refractivity contribution in [2.45, 2.75) is 44.9 Å². The number of carbonyl (C=O) groups is 1. The van der Waals surface area contributed by atoms with Crippen LogP contribution in [0, 0.1) is 19.8 Å². The lowest BCUT2D eigenvalue weighted by Gasteiger charge is -2.30. The number of likely N-dealkylation sites (tertiary alicyclic amines) is 1. The van der Waals surface area contributed by atoms with Crippen LogP contribution in [0.2, 0.25) is 0 Å². The summed E-state index contributed by atoms with van der Waals surface area (Å²) < 4.78 is 32.6. The van der Waals surface area contributed by atoms with E-state index in [1.807, 2.05) is 0 Å². The Morgan fingerprint density at radius 3 is 2.50 bits per heavy atom. The van der Waals surface area contributed by atoms with E-state index in [9.17, 15) is 18.3 Å². The first-order valence-electron chi connectivity index (χ1n) is 8.27. The third-order valence-corrected chi connectivity index (χ3v) is 6.12. The maximum atomic E-state index is 12.4. The molecule has 0 spiro atoms. The molecule has 2 rings (SSSR count). The largest absolute Gasteiger partial charge is 0.478 e. The van der Waals surface area contributed by atoms with Crippen molar-refractivity contribution < 1.29 is 22.7 Å². The molecule has 1 aliphatic rings. The van der Waals surface area contributed by atoms with E-state index in [-0.39, 0.29) is 28.5 Å². The van der Waals surface area contributed by atoms with Gasteiger partial charge in [0.2, 0.25) is 10.0 Å². The Morgan fingerprint density at radius 2 is 1.92 bits per heavy atom. The quantitative estimate of drug-likeness (QED) is 0.723. The van der Waals surface area contributed by atoms with Gasteiger partial charge in [-0.25, -0.2) is 17.9 Å². The van der Waals surface area contributed by atoms with Gasteiger partial charge >= 0.3 is 5.97 Å². The molecular weight excluding hydrogens is 332 g/mol. The van der Waals surface area contributed by atoms with Crippen LogP contribution in [0.5, 0.6) is 0 Å². The average molecular weight is 358 g/mol. The van der Waals surface area contributed by atoms with E-state index < -0.39 is 16.0 Å². The maximum Gasteiger partial charge on any atom is 0.340 e. The summed E-state index contributed by atoms with van der Waals surface area (Å²) >= 11 is 0. The SMILES string of the molecule is Cc1oc(C)c(S(=O)(=O)NCCCN2CCC(C)CC2)c1C(=O)O. The number of sulfonamides is 1. The van der Waals surface area contributed by atoms with Gasteiger partial charge in [0.1, 0.15) is 22.0 Å². The minimum atomic E-state index is -3.90. The van der Waals surface area contributed by atoms with Gasteiger partial charge in [-0.3, -0.25) is 0 Å². The highest BCUT2D eigenvalue weighted by Gasteiger charge is 2.30. The lowest BCUT2D eigenvalue weighted by atomic mass is 9.99. The van der Waals surface area contributed by atoms with Crippen LogP contribution in [0.1, 0.15) is 48.1 Å². The Labute approximate surface area is 143 Å². The normalized spacial score (nSPS) is 17.3. The Morgan fingerprint density at radius 1 is 1.29 bits per heavy atom. The van der Waals surface area contributed by atoms with Crippen molar-refractivity contribution >= 4 is 16.0 Å². The summed E-state index contributed by atoms with van der Waals surface area (Å²) in [5.41, 5.74) is -0.287. The molecule has 2 N–H and O–H groups in total. The number of hydrogen-bond acceptors (Lipinski definition) is 5. The summed E-state index contributed by atoms with van der Waals surface area (Å²) in [4.78, 5) is 13.4. The fourth-order valence-electron chi connectivity index (χ4n) is 3.10. The first kappa shape index (κ1) is 19.0. The molecule has 2 heterocycles. The molecule has 1 fully saturated rings. The zero-order valence-corrected chi connectivity index (χ0v) is 15.3. The Kier molecular flexibility index (Phi) is 6.06. The zero-order chi connectivity index (χ0) is 17.9. The van der Waals surface area contributed by atoms with Crippen molar-refractivity contribution in [3.05, 3.63) is 17.1 Å². The molecule has 0 radical (unpaired) electrons. The number of carboxylic acid groups (broad SMARTS) is 1. The molecule has 1 saturated heterocycles. The highest BCUT2D eigenvalue weighted by atomic mass is 32.2. The van der Waals surface area contributed by atoms with Crippen molar-refractivity contribution in [2.75, 3.05) is 26.2 Å². The molecule has 1 aliphatic heterocycles. The first-order chi connectivity index (χ1) is 11.2. The molecule has 24 heavy (non-hydrogen) atoms. The van der Waals surface area contributed by atoms with Gasteiger partial charge in [0, 0.05) is 6.54 Å². The van der Waals surface area contributed by atoms with Crippen molar-refractivity contribution in [1.82, 2.24) is 9.62 Å². The minimum Gasteiger partial charge on any atom is -0.478 e. The Balaban J connectivity index is 1.94. The lowest BCUT2D eigenvalue weighted by molar-refractivity contribution is 0.0691. The minimum absolute atomic E-state index is 0.0995. The van der Waals surface area contributed by atoms with Gasteiger partial charge in [-0.2, -0.15) is 0 Å². The van der Waals surface area contributed by atoms with Crippen molar-refractivity contribution in [3.8, 4) is 0 Å². The van der Waals surface area contributed by atoms with E-state index in [2.05, 4.69) is 16.5 Å². The predicted molar refractivity (Wildman–Crippen MR) is 89.8 cm³/mol. The zero-order valence-electron chi connectivity index (χ0n) is 14.5. The van der Waals surface area contributed by atoms with Gasteiger partial charge in [-0.1, -0.05) is 6.92 Å². The van der Waals surface area contributed by atoms with Crippen LogP contribution in [0.4, 0.5) is 0 Å². The van der Waals surface area contributed by atoms with Gasteiger partial charge in [-0.15, -0.1) is 0 Å². The molecule has 7 nitrogen and oxygen atoms in total. The van der Waals surface area contributed by atoms with Crippen LogP contribution in [0.3, 0.4) is 0 Å². The molecule has 0 amide bonds. The summed E-state index contributed by atoms with van der Waals surface area (Å²) in [5.74, 6) is -0.334.